The number of carbonyl (C=O) groups is 2. The lowest BCUT2D eigenvalue weighted by molar-refractivity contribution is -0.136. The highest BCUT2D eigenvalue weighted by Crippen LogP contribution is 2.33. The molecule has 9 heteroatoms. The summed E-state index contributed by atoms with van der Waals surface area (Å²) in [6, 6.07) is 5.79. The van der Waals surface area contributed by atoms with Gasteiger partial charge in [-0.05, 0) is 76.0 Å². The van der Waals surface area contributed by atoms with Crippen molar-refractivity contribution in [3.05, 3.63) is 23.8 Å². The molecule has 2 heterocycles. The molecule has 3 aliphatic rings. The van der Waals surface area contributed by atoms with Gasteiger partial charge < -0.3 is 34.1 Å². The maximum Gasteiger partial charge on any atom is 0.254 e. The van der Waals surface area contributed by atoms with Gasteiger partial charge in [0.1, 0.15) is 0 Å². The molecule has 1 N–H and O–H groups in total. The summed E-state index contributed by atoms with van der Waals surface area (Å²) in [5.41, 5.74) is 0.584. The summed E-state index contributed by atoms with van der Waals surface area (Å²) in [6.07, 6.45) is 6.70. The van der Waals surface area contributed by atoms with Crippen molar-refractivity contribution in [3.8, 4) is 11.5 Å². The largest absolute Gasteiger partial charge is 0.493 e. The molecule has 2 aliphatic heterocycles. The van der Waals surface area contributed by atoms with E-state index in [1.807, 2.05) is 11.0 Å². The minimum Gasteiger partial charge on any atom is -0.493 e. The Morgan fingerprint density at radius 3 is 2.45 bits per heavy atom. The fourth-order valence-corrected chi connectivity index (χ4v) is 5.84. The second-order valence-electron chi connectivity index (χ2n) is 11.8. The van der Waals surface area contributed by atoms with Gasteiger partial charge in [0.2, 0.25) is 5.91 Å². The van der Waals surface area contributed by atoms with Gasteiger partial charge in [0.25, 0.3) is 5.91 Å². The van der Waals surface area contributed by atoms with Crippen molar-refractivity contribution in [2.75, 3.05) is 60.2 Å². The Balaban J connectivity index is 1.40. The second kappa shape index (κ2) is 15.0. The van der Waals surface area contributed by atoms with Crippen LogP contribution in [0.25, 0.3) is 0 Å². The van der Waals surface area contributed by atoms with Gasteiger partial charge in [-0.3, -0.25) is 9.59 Å². The number of rotatable bonds is 15. The van der Waals surface area contributed by atoms with E-state index in [0.29, 0.717) is 55.2 Å². The quantitative estimate of drug-likeness (QED) is 0.328. The highest BCUT2D eigenvalue weighted by Gasteiger charge is 2.39. The topological polar surface area (TPSA) is 89.6 Å². The number of methoxy groups -OCH3 is 2. The smallest absolute Gasteiger partial charge is 0.254 e. The fraction of sp³-hybridized carbons (Fsp3) is 0.742. The number of nitrogens with zero attached hydrogens (tertiary/aromatic N) is 2. The first kappa shape index (κ1) is 30.6. The Morgan fingerprint density at radius 1 is 1.02 bits per heavy atom. The molecule has 2 saturated heterocycles. The molecule has 1 aromatic carbocycles. The zero-order valence-corrected chi connectivity index (χ0v) is 24.9. The highest BCUT2D eigenvalue weighted by atomic mass is 16.5. The Labute approximate surface area is 239 Å². The summed E-state index contributed by atoms with van der Waals surface area (Å²) >= 11 is 0. The number of ether oxygens (including phenoxy) is 4. The molecule has 4 rings (SSSR count). The summed E-state index contributed by atoms with van der Waals surface area (Å²) < 4.78 is 22.4. The molecule has 3 fully saturated rings. The van der Waals surface area contributed by atoms with E-state index in [-0.39, 0.29) is 29.9 Å². The van der Waals surface area contributed by atoms with E-state index in [1.54, 1.807) is 26.4 Å². The average Bonchev–Trinajstić information content (AvgIpc) is 3.71. The lowest BCUT2D eigenvalue weighted by Crippen LogP contribution is -2.45. The van der Waals surface area contributed by atoms with E-state index in [9.17, 15) is 9.59 Å². The van der Waals surface area contributed by atoms with Crippen LogP contribution in [0.2, 0.25) is 0 Å². The van der Waals surface area contributed by atoms with E-state index >= 15 is 0 Å². The van der Waals surface area contributed by atoms with E-state index in [4.69, 9.17) is 18.9 Å². The van der Waals surface area contributed by atoms with Crippen molar-refractivity contribution >= 4 is 11.8 Å². The van der Waals surface area contributed by atoms with Crippen molar-refractivity contribution < 1.29 is 28.5 Å². The molecule has 40 heavy (non-hydrogen) atoms. The van der Waals surface area contributed by atoms with Crippen LogP contribution in [0, 0.1) is 11.8 Å². The van der Waals surface area contributed by atoms with Crippen molar-refractivity contribution in [1.82, 2.24) is 15.1 Å². The normalized spacial score (nSPS) is 22.8. The number of benzene rings is 1. The van der Waals surface area contributed by atoms with Gasteiger partial charge in [0, 0.05) is 70.6 Å². The third kappa shape index (κ3) is 8.33. The molecule has 3 atom stereocenters. The van der Waals surface area contributed by atoms with Crippen LogP contribution in [0.4, 0.5) is 0 Å². The van der Waals surface area contributed by atoms with Crippen LogP contribution in [0.1, 0.15) is 69.2 Å². The highest BCUT2D eigenvalue weighted by molar-refractivity contribution is 5.95. The first-order valence-corrected chi connectivity index (χ1v) is 15.1. The summed E-state index contributed by atoms with van der Waals surface area (Å²) in [5, 5.41) is 3.54. The molecule has 0 aromatic heterocycles. The summed E-state index contributed by atoms with van der Waals surface area (Å²) in [7, 11) is 3.27. The van der Waals surface area contributed by atoms with Crippen molar-refractivity contribution in [1.29, 1.82) is 0 Å². The van der Waals surface area contributed by atoms with Gasteiger partial charge in [-0.25, -0.2) is 0 Å². The van der Waals surface area contributed by atoms with Crippen LogP contribution in [-0.4, -0.2) is 100 Å². The third-order valence-corrected chi connectivity index (χ3v) is 8.37. The van der Waals surface area contributed by atoms with Crippen molar-refractivity contribution in [2.45, 2.75) is 77.0 Å². The zero-order valence-electron chi connectivity index (χ0n) is 24.9. The zero-order chi connectivity index (χ0) is 28.5. The maximum absolute atomic E-state index is 13.8. The van der Waals surface area contributed by atoms with Crippen LogP contribution in [0.15, 0.2) is 18.2 Å². The van der Waals surface area contributed by atoms with Gasteiger partial charge in [-0.15, -0.1) is 0 Å². The van der Waals surface area contributed by atoms with Gasteiger partial charge in [0.15, 0.2) is 11.5 Å². The van der Waals surface area contributed by atoms with Gasteiger partial charge in [-0.1, -0.05) is 0 Å². The fourth-order valence-electron chi connectivity index (χ4n) is 5.84. The molecule has 1 unspecified atom stereocenters. The minimum absolute atomic E-state index is 0.0189. The maximum atomic E-state index is 13.8. The molecule has 0 spiro atoms. The molecule has 0 bridgehead atoms. The molecule has 1 aromatic rings. The molecular formula is C31H49N3O6. The predicted molar refractivity (Wildman–Crippen MR) is 154 cm³/mol. The number of hydrogen-bond donors (Lipinski definition) is 1. The molecule has 9 nitrogen and oxygen atoms in total. The van der Waals surface area contributed by atoms with Crippen LogP contribution in [-0.2, 0) is 14.3 Å². The first-order valence-electron chi connectivity index (χ1n) is 15.1. The number of hydrogen-bond acceptors (Lipinski definition) is 7. The lowest BCUT2D eigenvalue weighted by atomic mass is 9.93. The Morgan fingerprint density at radius 2 is 1.80 bits per heavy atom. The Hall–Kier alpha value is -2.36. The first-order chi connectivity index (χ1) is 19.4. The molecule has 2 amide bonds. The monoisotopic (exact) mass is 559 g/mol. The van der Waals surface area contributed by atoms with E-state index in [0.717, 1.165) is 64.8 Å². The van der Waals surface area contributed by atoms with Crippen LogP contribution in [0.3, 0.4) is 0 Å². The second-order valence-corrected chi connectivity index (χ2v) is 11.8. The van der Waals surface area contributed by atoms with E-state index < -0.39 is 0 Å². The van der Waals surface area contributed by atoms with Crippen molar-refractivity contribution in [3.63, 3.8) is 0 Å². The van der Waals surface area contributed by atoms with Crippen LogP contribution in [0.5, 0.6) is 11.5 Å². The van der Waals surface area contributed by atoms with Gasteiger partial charge in [-0.2, -0.15) is 0 Å². The van der Waals surface area contributed by atoms with Gasteiger partial charge in [0.05, 0.1) is 26.2 Å². The lowest BCUT2D eigenvalue weighted by Gasteiger charge is -2.34. The van der Waals surface area contributed by atoms with E-state index in [2.05, 4.69) is 24.1 Å². The molecular weight excluding hydrogens is 510 g/mol. The molecule has 224 valence electrons. The van der Waals surface area contributed by atoms with Crippen molar-refractivity contribution in [2.24, 2.45) is 11.8 Å². The van der Waals surface area contributed by atoms with Gasteiger partial charge >= 0.3 is 0 Å². The molecule has 1 aliphatic carbocycles. The summed E-state index contributed by atoms with van der Waals surface area (Å²) in [6.45, 7) is 9.07. The average molecular weight is 560 g/mol. The van der Waals surface area contributed by atoms with Crippen LogP contribution >= 0.6 is 0 Å². The summed E-state index contributed by atoms with van der Waals surface area (Å²) in [4.78, 5) is 31.2. The number of nitrogens with one attached hydrogen (secondary N) is 1. The Bertz CT molecular complexity index is 962. The SMILES string of the molecule is COCCCOc1cc(C(=O)N(C[C@@H]2CNC[C@H]2CN(C(=O)CC2CCCCO2)C2CC2)C(C)C)ccc1OC. The Kier molecular flexibility index (Phi) is 11.5. The standard InChI is InChI=1S/C31H49N3O6/c1-22(2)33(31(36)23-9-12-28(38-4)29(16-23)40-15-7-13-37-3)20-24-18-32-19-25(24)21-34(26-10-11-26)30(35)17-27-8-5-6-14-39-27/h9,12,16,22,24-27,32H,5-8,10-11,13-15,17-21H2,1-4H3/t24-,25-,27?/m0/s1. The van der Waals surface area contributed by atoms with E-state index in [1.165, 1.54) is 0 Å². The predicted octanol–water partition coefficient (Wildman–Crippen LogP) is 3.75. The molecule has 0 radical (unpaired) electrons. The van der Waals surface area contributed by atoms with Crippen LogP contribution < -0.4 is 14.8 Å². The molecule has 1 saturated carbocycles. The number of carbonyl (C=O) groups excluding carboxylic acids is 2. The summed E-state index contributed by atoms with van der Waals surface area (Å²) in [5.74, 6) is 1.96. The number of amides is 2. The minimum atomic E-state index is -0.0189. The third-order valence-electron chi connectivity index (χ3n) is 8.37.